The van der Waals surface area contributed by atoms with Crippen LogP contribution >= 0.6 is 11.8 Å². The lowest BCUT2D eigenvalue weighted by Gasteiger charge is -2.55. The molecular weight excluding hydrogens is 646 g/mol. The van der Waals surface area contributed by atoms with Crippen molar-refractivity contribution < 1.29 is 70.7 Å². The number of hydrogen-bond acceptors (Lipinski definition) is 14. The van der Waals surface area contributed by atoms with Crippen molar-refractivity contribution in [3.8, 4) is 11.5 Å². The molecular formula is C25H29N3O15S2. The number of nitrogens with one attached hydrogen (secondary N) is 1. The highest BCUT2D eigenvalue weighted by atomic mass is 32.3. The van der Waals surface area contributed by atoms with Crippen molar-refractivity contribution in [2.75, 3.05) is 26.6 Å². The Morgan fingerprint density at radius 2 is 1.93 bits per heavy atom. The molecule has 2 aliphatic heterocycles. The number of aliphatic carboxylic acids is 2. The molecule has 18 nitrogen and oxygen atoms in total. The lowest BCUT2D eigenvalue weighted by atomic mass is 9.97. The number of fused-ring (bicyclic) bond motifs is 1. The molecule has 0 aromatic heterocycles. The molecule has 3 atom stereocenters. The van der Waals surface area contributed by atoms with Crippen molar-refractivity contribution in [2.45, 2.75) is 36.4 Å². The Morgan fingerprint density at radius 1 is 1.24 bits per heavy atom. The molecule has 0 aliphatic carbocycles. The number of carbonyl (C=O) groups is 5. The fourth-order valence-corrected chi connectivity index (χ4v) is 6.10. The number of β-lactam (4-membered cyclic amide) rings is 1. The minimum atomic E-state index is -4.90. The number of benzene rings is 1. The van der Waals surface area contributed by atoms with Crippen molar-refractivity contribution >= 4 is 58.0 Å². The summed E-state index contributed by atoms with van der Waals surface area (Å²) in [5, 5.41) is 30.2. The SMILES string of the molecule is CO/C(=C\c1ccc(OS(=O)(=O)O)c(O)c1)C(=O)OCC1=C(C(=O)O)N2C(=O)[C@](NC(=O)CCC[C@H](N)C(=O)O)(OC)[C@H]2SC1. The molecule has 1 saturated heterocycles. The molecule has 1 fully saturated rings. The van der Waals surface area contributed by atoms with E-state index in [4.69, 9.17) is 29.6 Å². The summed E-state index contributed by atoms with van der Waals surface area (Å²) in [6, 6.07) is 2.05. The Morgan fingerprint density at radius 3 is 2.49 bits per heavy atom. The lowest BCUT2D eigenvalue weighted by Crippen LogP contribution is -2.80. The van der Waals surface area contributed by atoms with E-state index in [1.54, 1.807) is 0 Å². The summed E-state index contributed by atoms with van der Waals surface area (Å²) in [6.45, 7) is -0.576. The average molecular weight is 676 g/mol. The van der Waals surface area contributed by atoms with E-state index < -0.39 is 86.8 Å². The normalized spacial score (nSPS) is 20.4. The van der Waals surface area contributed by atoms with E-state index in [1.807, 2.05) is 0 Å². The van der Waals surface area contributed by atoms with Gasteiger partial charge < -0.3 is 44.8 Å². The molecule has 0 saturated carbocycles. The molecule has 7 N–H and O–H groups in total. The van der Waals surface area contributed by atoms with Gasteiger partial charge in [0.15, 0.2) is 11.5 Å². The fraction of sp³-hybridized carbons (Fsp3) is 0.400. The van der Waals surface area contributed by atoms with Crippen LogP contribution in [0.5, 0.6) is 11.5 Å². The second-order valence-corrected chi connectivity index (χ2v) is 11.5. The molecule has 2 heterocycles. The molecule has 2 amide bonds. The van der Waals surface area contributed by atoms with E-state index in [9.17, 15) is 42.6 Å². The van der Waals surface area contributed by atoms with Crippen molar-refractivity contribution in [2.24, 2.45) is 5.73 Å². The van der Waals surface area contributed by atoms with E-state index in [-0.39, 0.29) is 36.2 Å². The number of nitrogens with two attached hydrogens (primary N) is 1. The highest BCUT2D eigenvalue weighted by molar-refractivity contribution is 8.00. The van der Waals surface area contributed by atoms with Gasteiger partial charge in [0.25, 0.3) is 11.6 Å². The number of carboxylic acid groups (broad SMARTS) is 2. The van der Waals surface area contributed by atoms with Crippen LogP contribution < -0.4 is 15.2 Å². The van der Waals surface area contributed by atoms with Gasteiger partial charge in [0.1, 0.15) is 23.7 Å². The van der Waals surface area contributed by atoms with Crippen LogP contribution in [-0.4, -0.2) is 107 Å². The molecule has 0 radical (unpaired) electrons. The Hall–Kier alpha value is -4.37. The minimum absolute atomic E-state index is 0.00963. The predicted octanol–water partition coefficient (Wildman–Crippen LogP) is -0.601. The monoisotopic (exact) mass is 675 g/mol. The summed E-state index contributed by atoms with van der Waals surface area (Å²) in [4.78, 5) is 62.4. The summed E-state index contributed by atoms with van der Waals surface area (Å²) in [6.07, 6.45) is 1.06. The average Bonchev–Trinajstić information content (AvgIpc) is 2.97. The number of aromatic hydroxyl groups is 1. The number of rotatable bonds is 15. The van der Waals surface area contributed by atoms with Crippen LogP contribution in [0.4, 0.5) is 0 Å². The topological polar surface area (TPSA) is 279 Å². The Balaban J connectivity index is 1.72. The number of methoxy groups -OCH3 is 2. The molecule has 45 heavy (non-hydrogen) atoms. The summed E-state index contributed by atoms with van der Waals surface area (Å²) in [5.41, 5.74) is 3.23. The molecule has 0 spiro atoms. The van der Waals surface area contributed by atoms with Gasteiger partial charge in [-0.15, -0.1) is 11.8 Å². The van der Waals surface area contributed by atoms with Crippen molar-refractivity contribution in [1.82, 2.24) is 10.2 Å². The molecule has 3 rings (SSSR count). The maximum atomic E-state index is 13.2. The number of nitrogens with zero attached hydrogens (tertiary/aromatic N) is 1. The van der Waals surface area contributed by atoms with Gasteiger partial charge >= 0.3 is 28.3 Å². The van der Waals surface area contributed by atoms with Gasteiger partial charge in [0.05, 0.1) is 7.11 Å². The number of amides is 2. The second kappa shape index (κ2) is 14.2. The first-order valence-electron chi connectivity index (χ1n) is 12.7. The number of hydrogen-bond donors (Lipinski definition) is 6. The first-order chi connectivity index (χ1) is 21.0. The van der Waals surface area contributed by atoms with E-state index in [0.29, 0.717) is 0 Å². The van der Waals surface area contributed by atoms with Crippen LogP contribution in [0.3, 0.4) is 0 Å². The summed E-state index contributed by atoms with van der Waals surface area (Å²) < 4.78 is 50.3. The largest absolute Gasteiger partial charge is 0.504 e. The second-order valence-electron chi connectivity index (χ2n) is 9.45. The standard InChI is InChI=1S/C25H29N3O15S2/c1-40-17(9-12-6-7-16(15(29)8-12)43-45(37,38)39)22(35)42-10-13-11-44-24-25(41-2,23(36)28(24)19(13)21(33)34)27-18(30)5-3-4-14(26)20(31)32/h6-9,14,24,29H,3-5,10-11,26H2,1-2H3,(H,27,30)(H,31,32)(H,33,34)(H,37,38,39)/b17-9-/t14-,24+,25-/m0/s1. The Labute approximate surface area is 259 Å². The lowest BCUT2D eigenvalue weighted by molar-refractivity contribution is -0.192. The highest BCUT2D eigenvalue weighted by Crippen LogP contribution is 2.46. The number of esters is 1. The number of thioether (sulfide) groups is 1. The zero-order valence-electron chi connectivity index (χ0n) is 23.6. The smallest absolute Gasteiger partial charge is 0.446 e. The van der Waals surface area contributed by atoms with Gasteiger partial charge in [-0.3, -0.25) is 23.8 Å². The van der Waals surface area contributed by atoms with Crippen molar-refractivity contribution in [3.63, 3.8) is 0 Å². The number of carboxylic acids is 2. The van der Waals surface area contributed by atoms with Gasteiger partial charge in [0.2, 0.25) is 11.7 Å². The zero-order valence-corrected chi connectivity index (χ0v) is 25.3. The molecule has 1 aromatic rings. The van der Waals surface area contributed by atoms with E-state index in [1.165, 1.54) is 6.07 Å². The van der Waals surface area contributed by atoms with E-state index >= 15 is 0 Å². The van der Waals surface area contributed by atoms with Crippen LogP contribution in [0.1, 0.15) is 24.8 Å². The Kier molecular flexibility index (Phi) is 11.0. The fourth-order valence-electron chi connectivity index (χ4n) is 4.31. The van der Waals surface area contributed by atoms with Crippen LogP contribution in [0.15, 0.2) is 35.2 Å². The third kappa shape index (κ3) is 8.02. The van der Waals surface area contributed by atoms with Gasteiger partial charge in [0, 0.05) is 24.9 Å². The van der Waals surface area contributed by atoms with Crippen LogP contribution in [0.2, 0.25) is 0 Å². The predicted molar refractivity (Wildman–Crippen MR) is 151 cm³/mol. The first-order valence-corrected chi connectivity index (χ1v) is 15.1. The number of carbonyl (C=O) groups excluding carboxylic acids is 3. The summed E-state index contributed by atoms with van der Waals surface area (Å²) in [7, 11) is -2.62. The van der Waals surface area contributed by atoms with Gasteiger partial charge in [-0.1, -0.05) is 6.07 Å². The Bertz CT molecular complexity index is 1560. The number of phenolic OH excluding ortho intramolecular Hbond substituents is 1. The number of ether oxygens (including phenoxy) is 3. The molecule has 0 unspecified atom stereocenters. The van der Waals surface area contributed by atoms with E-state index in [0.717, 1.165) is 49.1 Å². The maximum Gasteiger partial charge on any atom is 0.446 e. The highest BCUT2D eigenvalue weighted by Gasteiger charge is 2.66. The van der Waals surface area contributed by atoms with Gasteiger partial charge in [-0.25, -0.2) is 9.59 Å². The number of phenols is 1. The quantitative estimate of drug-likeness (QED) is 0.0338. The summed E-state index contributed by atoms with van der Waals surface area (Å²) >= 11 is 1.04. The first kappa shape index (κ1) is 35.1. The third-order valence-electron chi connectivity index (χ3n) is 6.47. The third-order valence-corrected chi connectivity index (χ3v) is 8.23. The van der Waals surface area contributed by atoms with Crippen molar-refractivity contribution in [3.05, 3.63) is 40.8 Å². The van der Waals surface area contributed by atoms with Crippen LogP contribution in [-0.2, 0) is 48.6 Å². The molecule has 246 valence electrons. The molecule has 1 aromatic carbocycles. The van der Waals surface area contributed by atoms with Crippen LogP contribution in [0, 0.1) is 0 Å². The minimum Gasteiger partial charge on any atom is -0.504 e. The van der Waals surface area contributed by atoms with Crippen LogP contribution in [0.25, 0.3) is 6.08 Å². The van der Waals surface area contributed by atoms with Crippen molar-refractivity contribution in [1.29, 1.82) is 0 Å². The maximum absolute atomic E-state index is 13.2. The molecule has 20 heteroatoms. The zero-order chi connectivity index (χ0) is 33.7. The molecule has 0 bridgehead atoms. The van der Waals surface area contributed by atoms with Gasteiger partial charge in [-0.05, 0) is 36.6 Å². The summed E-state index contributed by atoms with van der Waals surface area (Å²) in [5.74, 6) is -7.06. The molecule has 2 aliphatic rings. The van der Waals surface area contributed by atoms with E-state index in [2.05, 4.69) is 9.50 Å². The van der Waals surface area contributed by atoms with Gasteiger partial charge in [-0.2, -0.15) is 8.42 Å².